The molecule has 13 heteroatoms. The van der Waals surface area contributed by atoms with Gasteiger partial charge in [-0.1, -0.05) is 30.3 Å². The largest absolute Gasteiger partial charge is 0.481 e. The Hall–Kier alpha value is -3.16. The minimum absolute atomic E-state index is 0.0900. The van der Waals surface area contributed by atoms with Crippen LogP contribution in [0.4, 0.5) is 0 Å². The summed E-state index contributed by atoms with van der Waals surface area (Å²) in [6.07, 6.45) is 3.02. The maximum atomic E-state index is 13.3. The lowest BCUT2D eigenvalue weighted by atomic mass is 10.0. The molecular weight excluding hydrogens is 514 g/mol. The van der Waals surface area contributed by atoms with E-state index in [0.29, 0.717) is 25.1 Å². The van der Waals surface area contributed by atoms with Crippen molar-refractivity contribution >= 4 is 41.4 Å². The van der Waals surface area contributed by atoms with E-state index in [0.717, 1.165) is 5.56 Å². The van der Waals surface area contributed by atoms with Gasteiger partial charge in [0, 0.05) is 12.8 Å². The first-order valence-corrected chi connectivity index (χ1v) is 13.8. The van der Waals surface area contributed by atoms with Crippen molar-refractivity contribution < 1.29 is 34.2 Å². The van der Waals surface area contributed by atoms with Crippen LogP contribution in [0.1, 0.15) is 44.1 Å². The highest BCUT2D eigenvalue weighted by atomic mass is 32.2. The maximum absolute atomic E-state index is 13.3. The number of nitrogens with one attached hydrogen (secondary N) is 3. The molecular formula is C25H39N5O7S. The Morgan fingerprint density at radius 3 is 2.03 bits per heavy atom. The van der Waals surface area contributed by atoms with Crippen molar-refractivity contribution in [1.82, 2.24) is 16.0 Å². The zero-order chi connectivity index (χ0) is 28.5. The number of aliphatic carboxylic acids is 2. The van der Waals surface area contributed by atoms with Crippen molar-refractivity contribution in [2.45, 2.75) is 69.1 Å². The van der Waals surface area contributed by atoms with Crippen molar-refractivity contribution in [2.24, 2.45) is 11.5 Å². The highest BCUT2D eigenvalue weighted by Crippen LogP contribution is 2.08. The molecule has 0 aliphatic heterocycles. The fourth-order valence-electron chi connectivity index (χ4n) is 3.55. The molecule has 0 aliphatic carbocycles. The Morgan fingerprint density at radius 1 is 0.842 bits per heavy atom. The molecule has 0 heterocycles. The maximum Gasteiger partial charge on any atom is 0.326 e. The minimum Gasteiger partial charge on any atom is -0.481 e. The predicted octanol–water partition coefficient (Wildman–Crippen LogP) is -0.158. The zero-order valence-corrected chi connectivity index (χ0v) is 22.4. The number of carboxylic acids is 2. The first-order chi connectivity index (χ1) is 18.1. The summed E-state index contributed by atoms with van der Waals surface area (Å²) in [7, 11) is 0. The minimum atomic E-state index is -1.18. The monoisotopic (exact) mass is 553 g/mol. The van der Waals surface area contributed by atoms with Gasteiger partial charge in [-0.25, -0.2) is 4.79 Å². The molecule has 0 saturated heterocycles. The molecule has 0 aromatic heterocycles. The number of rotatable bonds is 19. The highest BCUT2D eigenvalue weighted by Gasteiger charge is 2.30. The quantitative estimate of drug-likeness (QED) is 0.112. The third kappa shape index (κ3) is 12.9. The van der Waals surface area contributed by atoms with E-state index in [1.54, 1.807) is 30.3 Å². The summed E-state index contributed by atoms with van der Waals surface area (Å²) < 4.78 is 0. The summed E-state index contributed by atoms with van der Waals surface area (Å²) in [6, 6.07) is 4.45. The van der Waals surface area contributed by atoms with Crippen molar-refractivity contribution in [2.75, 3.05) is 18.6 Å². The van der Waals surface area contributed by atoms with Crippen LogP contribution in [0.25, 0.3) is 0 Å². The number of amides is 3. The number of thioether (sulfide) groups is 1. The Balaban J connectivity index is 3.07. The van der Waals surface area contributed by atoms with Gasteiger partial charge in [-0.15, -0.1) is 0 Å². The molecule has 9 N–H and O–H groups in total. The summed E-state index contributed by atoms with van der Waals surface area (Å²) >= 11 is 1.45. The van der Waals surface area contributed by atoms with Gasteiger partial charge in [0.25, 0.3) is 0 Å². The van der Waals surface area contributed by atoms with Crippen molar-refractivity contribution in [3.8, 4) is 0 Å². The van der Waals surface area contributed by atoms with Crippen LogP contribution in [0.15, 0.2) is 30.3 Å². The lowest BCUT2D eigenvalue weighted by Gasteiger charge is -2.25. The number of carboxylic acid groups (broad SMARTS) is 2. The Bertz CT molecular complexity index is 919. The molecule has 0 bridgehead atoms. The van der Waals surface area contributed by atoms with E-state index in [1.165, 1.54) is 11.8 Å². The van der Waals surface area contributed by atoms with E-state index in [2.05, 4.69) is 16.0 Å². The van der Waals surface area contributed by atoms with Crippen LogP contribution in [0.3, 0.4) is 0 Å². The molecule has 4 unspecified atom stereocenters. The molecule has 0 fully saturated rings. The van der Waals surface area contributed by atoms with Gasteiger partial charge in [0.05, 0.1) is 6.04 Å². The fourth-order valence-corrected chi connectivity index (χ4v) is 4.02. The smallest absolute Gasteiger partial charge is 0.326 e. The number of carbonyl (C=O) groups excluding carboxylic acids is 3. The van der Waals surface area contributed by atoms with Gasteiger partial charge in [-0.05, 0) is 56.2 Å². The molecule has 1 aromatic rings. The molecule has 12 nitrogen and oxygen atoms in total. The second-order valence-corrected chi connectivity index (χ2v) is 9.80. The van der Waals surface area contributed by atoms with Crippen molar-refractivity contribution in [1.29, 1.82) is 0 Å². The van der Waals surface area contributed by atoms with Gasteiger partial charge in [0.15, 0.2) is 0 Å². The molecule has 0 spiro atoms. The number of hydrogen-bond acceptors (Lipinski definition) is 8. The summed E-state index contributed by atoms with van der Waals surface area (Å²) in [6.45, 7) is 0.384. The van der Waals surface area contributed by atoms with E-state index in [4.69, 9.17) is 16.6 Å². The lowest BCUT2D eigenvalue weighted by Crippen LogP contribution is -2.57. The Morgan fingerprint density at radius 2 is 1.45 bits per heavy atom. The molecule has 38 heavy (non-hydrogen) atoms. The van der Waals surface area contributed by atoms with Crippen LogP contribution in [0.5, 0.6) is 0 Å². The molecule has 4 atom stereocenters. The molecule has 1 aromatic carbocycles. The van der Waals surface area contributed by atoms with Gasteiger partial charge < -0.3 is 37.6 Å². The number of carbonyl (C=O) groups is 5. The second-order valence-electron chi connectivity index (χ2n) is 8.82. The Labute approximate surface area is 226 Å². The topological polar surface area (TPSA) is 214 Å². The lowest BCUT2D eigenvalue weighted by molar-refractivity contribution is -0.142. The third-order valence-corrected chi connectivity index (χ3v) is 6.37. The number of benzene rings is 1. The van der Waals surface area contributed by atoms with E-state index in [-0.39, 0.29) is 32.1 Å². The number of hydrogen-bond donors (Lipinski definition) is 7. The standard InChI is InChI=1S/C25H39N5O7S/c1-38-14-12-19(25(36)37)29-23(34)18(9-5-6-13-26)28-24(35)20(15-16-7-3-2-4-8-16)30-22(33)17(27)10-11-21(31)32/h2-4,7-8,17-20H,5-6,9-15,26-27H2,1H3,(H,28,35)(H,29,34)(H,30,33)(H,31,32)(H,36,37). The van der Waals surface area contributed by atoms with Crippen molar-refractivity contribution in [3.63, 3.8) is 0 Å². The predicted molar refractivity (Wildman–Crippen MR) is 144 cm³/mol. The molecule has 212 valence electrons. The molecule has 1 rings (SSSR count). The summed E-state index contributed by atoms with van der Waals surface area (Å²) in [5.74, 6) is -3.76. The first kappa shape index (κ1) is 32.9. The van der Waals surface area contributed by atoms with Gasteiger partial charge in [-0.2, -0.15) is 11.8 Å². The van der Waals surface area contributed by atoms with Crippen LogP contribution in [0, 0.1) is 0 Å². The van der Waals surface area contributed by atoms with Crippen LogP contribution >= 0.6 is 11.8 Å². The van der Waals surface area contributed by atoms with Gasteiger partial charge >= 0.3 is 11.9 Å². The fraction of sp³-hybridized carbons (Fsp3) is 0.560. The average molecular weight is 554 g/mol. The summed E-state index contributed by atoms with van der Waals surface area (Å²) in [5.41, 5.74) is 12.1. The van der Waals surface area contributed by atoms with Gasteiger partial charge in [0.2, 0.25) is 17.7 Å². The van der Waals surface area contributed by atoms with E-state index >= 15 is 0 Å². The molecule has 3 amide bonds. The molecule has 0 radical (unpaired) electrons. The highest BCUT2D eigenvalue weighted by molar-refractivity contribution is 7.98. The van der Waals surface area contributed by atoms with Crippen LogP contribution in [-0.4, -0.2) is 82.6 Å². The molecule has 0 aliphatic rings. The van der Waals surface area contributed by atoms with E-state index in [1.807, 2.05) is 6.26 Å². The summed E-state index contributed by atoms with van der Waals surface area (Å²) in [5, 5.41) is 26.1. The summed E-state index contributed by atoms with van der Waals surface area (Å²) in [4.78, 5) is 61.4. The first-order valence-electron chi connectivity index (χ1n) is 12.4. The van der Waals surface area contributed by atoms with E-state index in [9.17, 15) is 29.1 Å². The van der Waals surface area contributed by atoms with Gasteiger partial charge in [-0.3, -0.25) is 19.2 Å². The van der Waals surface area contributed by atoms with Crippen LogP contribution < -0.4 is 27.4 Å². The van der Waals surface area contributed by atoms with Gasteiger partial charge in [0.1, 0.15) is 18.1 Å². The second kappa shape index (κ2) is 18.2. The third-order valence-electron chi connectivity index (χ3n) is 5.73. The zero-order valence-electron chi connectivity index (χ0n) is 21.6. The number of nitrogens with two attached hydrogens (primary N) is 2. The number of unbranched alkanes of at least 4 members (excludes halogenated alkanes) is 1. The Kier molecular flexibility index (Phi) is 15.7. The average Bonchev–Trinajstić information content (AvgIpc) is 2.88. The normalized spacial score (nSPS) is 14.0. The van der Waals surface area contributed by atoms with Crippen LogP contribution in [-0.2, 0) is 30.4 Å². The van der Waals surface area contributed by atoms with Crippen LogP contribution in [0.2, 0.25) is 0 Å². The van der Waals surface area contributed by atoms with Crippen molar-refractivity contribution in [3.05, 3.63) is 35.9 Å². The molecule has 0 saturated carbocycles. The SMILES string of the molecule is CSCCC(NC(=O)C(CCCCN)NC(=O)C(Cc1ccccc1)NC(=O)C(N)CCC(=O)O)C(=O)O. The van der Waals surface area contributed by atoms with E-state index < -0.39 is 53.8 Å².